The molecule has 0 radical (unpaired) electrons. The molecule has 1 N–H and O–H groups in total. The topological polar surface area (TPSA) is 49.8 Å². The summed E-state index contributed by atoms with van der Waals surface area (Å²) in [4.78, 5) is 14.1. The Balaban J connectivity index is 2.40. The maximum absolute atomic E-state index is 11.5. The highest BCUT2D eigenvalue weighted by Crippen LogP contribution is 2.33. The Morgan fingerprint density at radius 2 is 1.90 bits per heavy atom. The van der Waals surface area contributed by atoms with Crippen molar-refractivity contribution in [1.82, 2.24) is 0 Å². The van der Waals surface area contributed by atoms with Gasteiger partial charge in [-0.25, -0.2) is 4.79 Å². The number of thioether (sulfide) groups is 1. The highest BCUT2D eigenvalue weighted by atomic mass is 32.2. The number of hydrogen-bond acceptors (Lipinski definition) is 4. The van der Waals surface area contributed by atoms with Gasteiger partial charge in [0.05, 0.1) is 0 Å². The van der Waals surface area contributed by atoms with Crippen LogP contribution in [0.2, 0.25) is 0 Å². The van der Waals surface area contributed by atoms with Crippen LogP contribution < -0.4 is 9.64 Å². The van der Waals surface area contributed by atoms with Gasteiger partial charge >= 0.3 is 5.97 Å². The van der Waals surface area contributed by atoms with Crippen molar-refractivity contribution in [2.75, 3.05) is 25.3 Å². The second-order valence-electron chi connectivity index (χ2n) is 4.63. The van der Waals surface area contributed by atoms with E-state index in [0.29, 0.717) is 16.4 Å². The van der Waals surface area contributed by atoms with E-state index < -0.39 is 5.97 Å². The van der Waals surface area contributed by atoms with Crippen molar-refractivity contribution in [2.24, 2.45) is 0 Å². The van der Waals surface area contributed by atoms with Crippen molar-refractivity contribution in [3.8, 4) is 11.5 Å². The molecular weight excluding hydrogens is 286 g/mol. The van der Waals surface area contributed by atoms with Crippen molar-refractivity contribution in [3.63, 3.8) is 0 Å². The SMILES string of the molecule is CSc1cccc(Oc2cccc(N(C)C)c2)c1C(=O)O. The minimum atomic E-state index is -0.987. The fourth-order valence-electron chi connectivity index (χ4n) is 1.93. The minimum Gasteiger partial charge on any atom is -0.478 e. The molecule has 2 aromatic rings. The molecule has 0 saturated heterocycles. The van der Waals surface area contributed by atoms with Gasteiger partial charge in [-0.1, -0.05) is 12.1 Å². The van der Waals surface area contributed by atoms with E-state index in [-0.39, 0.29) is 5.56 Å². The minimum absolute atomic E-state index is 0.195. The summed E-state index contributed by atoms with van der Waals surface area (Å²) in [7, 11) is 3.88. The lowest BCUT2D eigenvalue weighted by atomic mass is 10.2. The van der Waals surface area contributed by atoms with Gasteiger partial charge in [0.1, 0.15) is 17.1 Å². The van der Waals surface area contributed by atoms with Crippen molar-refractivity contribution < 1.29 is 14.6 Å². The number of rotatable bonds is 5. The van der Waals surface area contributed by atoms with E-state index in [1.54, 1.807) is 18.2 Å². The van der Waals surface area contributed by atoms with E-state index >= 15 is 0 Å². The Labute approximate surface area is 128 Å². The molecule has 0 aliphatic heterocycles. The second-order valence-corrected chi connectivity index (χ2v) is 5.48. The molecule has 0 aliphatic rings. The fourth-order valence-corrected chi connectivity index (χ4v) is 2.54. The Morgan fingerprint density at radius 1 is 1.19 bits per heavy atom. The molecule has 0 amide bonds. The lowest BCUT2D eigenvalue weighted by Gasteiger charge is -2.15. The molecule has 0 aliphatic carbocycles. The summed E-state index contributed by atoms with van der Waals surface area (Å²) < 4.78 is 5.78. The van der Waals surface area contributed by atoms with Crippen LogP contribution in [0.25, 0.3) is 0 Å². The number of anilines is 1. The van der Waals surface area contributed by atoms with Crippen LogP contribution in [0.5, 0.6) is 11.5 Å². The van der Waals surface area contributed by atoms with E-state index in [2.05, 4.69) is 0 Å². The number of hydrogen-bond donors (Lipinski definition) is 1. The van der Waals surface area contributed by atoms with Crippen molar-refractivity contribution in [3.05, 3.63) is 48.0 Å². The Morgan fingerprint density at radius 3 is 2.52 bits per heavy atom. The zero-order valence-corrected chi connectivity index (χ0v) is 13.0. The van der Waals surface area contributed by atoms with E-state index in [1.807, 2.05) is 49.5 Å². The van der Waals surface area contributed by atoms with Gasteiger partial charge in [-0.2, -0.15) is 0 Å². The number of aromatic carboxylic acids is 1. The predicted octanol–water partition coefficient (Wildman–Crippen LogP) is 3.97. The summed E-state index contributed by atoms with van der Waals surface area (Å²) in [5.41, 5.74) is 1.19. The summed E-state index contributed by atoms with van der Waals surface area (Å²) in [6.07, 6.45) is 1.85. The second kappa shape index (κ2) is 6.54. The zero-order valence-electron chi connectivity index (χ0n) is 12.2. The van der Waals surface area contributed by atoms with Gasteiger partial charge in [-0.15, -0.1) is 11.8 Å². The van der Waals surface area contributed by atoms with Crippen molar-refractivity contribution in [1.29, 1.82) is 0 Å². The molecule has 5 heteroatoms. The maximum atomic E-state index is 11.5. The smallest absolute Gasteiger partial charge is 0.340 e. The maximum Gasteiger partial charge on any atom is 0.340 e. The van der Waals surface area contributed by atoms with Crippen LogP contribution in [0.4, 0.5) is 5.69 Å². The van der Waals surface area contributed by atoms with Crippen LogP contribution in [-0.2, 0) is 0 Å². The molecule has 0 heterocycles. The number of carbonyl (C=O) groups is 1. The highest BCUT2D eigenvalue weighted by Gasteiger charge is 2.17. The first-order chi connectivity index (χ1) is 10.0. The molecule has 2 aromatic carbocycles. The van der Waals surface area contributed by atoms with Crippen LogP contribution >= 0.6 is 11.8 Å². The van der Waals surface area contributed by atoms with Crippen molar-refractivity contribution >= 4 is 23.4 Å². The van der Waals surface area contributed by atoms with Crippen LogP contribution in [0.1, 0.15) is 10.4 Å². The van der Waals surface area contributed by atoms with Gasteiger partial charge in [0.2, 0.25) is 0 Å². The number of nitrogens with zero attached hydrogens (tertiary/aromatic N) is 1. The van der Waals surface area contributed by atoms with Crippen molar-refractivity contribution in [2.45, 2.75) is 4.90 Å². The fraction of sp³-hybridized carbons (Fsp3) is 0.188. The average molecular weight is 303 g/mol. The molecule has 4 nitrogen and oxygen atoms in total. The van der Waals surface area contributed by atoms with Gasteiger partial charge in [0, 0.05) is 30.7 Å². The van der Waals surface area contributed by atoms with Gasteiger partial charge in [0.15, 0.2) is 0 Å². The third-order valence-corrected chi connectivity index (χ3v) is 3.76. The Hall–Kier alpha value is -2.14. The standard InChI is InChI=1S/C16H17NO3S/c1-17(2)11-6-4-7-12(10-11)20-13-8-5-9-14(21-3)15(13)16(18)19/h4-10H,1-3H3,(H,18,19). The molecule has 0 bridgehead atoms. The number of carboxylic acid groups (broad SMARTS) is 1. The molecule has 110 valence electrons. The third-order valence-electron chi connectivity index (χ3n) is 2.98. The molecule has 0 saturated carbocycles. The van der Waals surface area contributed by atoms with Gasteiger partial charge in [-0.05, 0) is 30.5 Å². The number of benzene rings is 2. The molecule has 0 atom stereocenters. The van der Waals surface area contributed by atoms with Gasteiger partial charge in [-0.3, -0.25) is 0 Å². The molecule has 2 rings (SSSR count). The van der Waals surface area contributed by atoms with Gasteiger partial charge in [0.25, 0.3) is 0 Å². The van der Waals surface area contributed by atoms with Crippen LogP contribution in [0.15, 0.2) is 47.4 Å². The molecule has 0 unspecified atom stereocenters. The first-order valence-electron chi connectivity index (χ1n) is 6.38. The highest BCUT2D eigenvalue weighted by molar-refractivity contribution is 7.98. The van der Waals surface area contributed by atoms with Crippen LogP contribution in [0, 0.1) is 0 Å². The van der Waals surface area contributed by atoms with E-state index in [4.69, 9.17) is 4.74 Å². The normalized spacial score (nSPS) is 10.2. The van der Waals surface area contributed by atoms with E-state index in [1.165, 1.54) is 11.8 Å². The van der Waals surface area contributed by atoms with Gasteiger partial charge < -0.3 is 14.7 Å². The Bertz CT molecular complexity index is 656. The van der Waals surface area contributed by atoms with Crippen LogP contribution in [0.3, 0.4) is 0 Å². The van der Waals surface area contributed by atoms with E-state index in [0.717, 1.165) is 5.69 Å². The lowest BCUT2D eigenvalue weighted by Crippen LogP contribution is -2.08. The first kappa shape index (κ1) is 15.3. The number of ether oxygens (including phenoxy) is 1. The predicted molar refractivity (Wildman–Crippen MR) is 86.0 cm³/mol. The molecule has 0 fully saturated rings. The molecule has 21 heavy (non-hydrogen) atoms. The summed E-state index contributed by atoms with van der Waals surface area (Å²) >= 11 is 1.39. The average Bonchev–Trinajstić information content (AvgIpc) is 2.46. The number of carboxylic acids is 1. The molecule has 0 aromatic heterocycles. The van der Waals surface area contributed by atoms with E-state index in [9.17, 15) is 9.90 Å². The van der Waals surface area contributed by atoms with Crippen LogP contribution in [-0.4, -0.2) is 31.4 Å². The first-order valence-corrected chi connectivity index (χ1v) is 7.61. The zero-order chi connectivity index (χ0) is 15.4. The monoisotopic (exact) mass is 303 g/mol. The molecular formula is C16H17NO3S. The summed E-state index contributed by atoms with van der Waals surface area (Å²) in [6.45, 7) is 0. The lowest BCUT2D eigenvalue weighted by molar-refractivity contribution is 0.0690. The third kappa shape index (κ3) is 3.49. The summed E-state index contributed by atoms with van der Waals surface area (Å²) in [5.74, 6) is -0.0223. The Kier molecular flexibility index (Phi) is 4.75. The summed E-state index contributed by atoms with van der Waals surface area (Å²) in [6, 6.07) is 12.8. The molecule has 0 spiro atoms. The summed E-state index contributed by atoms with van der Waals surface area (Å²) in [5, 5.41) is 9.40. The largest absolute Gasteiger partial charge is 0.478 e. The quantitative estimate of drug-likeness (QED) is 0.847.